The van der Waals surface area contributed by atoms with Gasteiger partial charge in [0, 0.05) is 33.2 Å². The van der Waals surface area contributed by atoms with E-state index in [1.165, 1.54) is 11.0 Å². The number of hydrogen-bond donors (Lipinski definition) is 1. The summed E-state index contributed by atoms with van der Waals surface area (Å²) in [5.41, 5.74) is 1.52. The second-order valence-electron chi connectivity index (χ2n) is 7.29. The summed E-state index contributed by atoms with van der Waals surface area (Å²) >= 11 is 0. The molecule has 1 N–H and O–H groups in total. The zero-order valence-corrected chi connectivity index (χ0v) is 16.5. The molecule has 0 radical (unpaired) electrons. The van der Waals surface area contributed by atoms with Gasteiger partial charge in [0.2, 0.25) is 11.8 Å². The third-order valence-electron chi connectivity index (χ3n) is 5.08. The number of nitrogens with zero attached hydrogens (tertiary/aromatic N) is 1. The van der Waals surface area contributed by atoms with Crippen molar-refractivity contribution in [3.8, 4) is 0 Å². The fourth-order valence-electron chi connectivity index (χ4n) is 3.52. The Morgan fingerprint density at radius 3 is 2.60 bits per heavy atom. The minimum atomic E-state index is -4.44. The predicted octanol–water partition coefficient (Wildman–Crippen LogP) is 3.52. The van der Waals surface area contributed by atoms with Gasteiger partial charge in [0.1, 0.15) is 0 Å². The van der Waals surface area contributed by atoms with E-state index in [0.29, 0.717) is 18.7 Å². The fraction of sp³-hybridized carbons (Fsp3) is 0.364. The first-order valence-corrected chi connectivity index (χ1v) is 9.55. The number of amides is 2. The number of hydrogen-bond acceptors (Lipinski definition) is 3. The van der Waals surface area contributed by atoms with E-state index in [1.54, 1.807) is 13.2 Å². The third-order valence-corrected chi connectivity index (χ3v) is 5.08. The summed E-state index contributed by atoms with van der Waals surface area (Å²) in [6, 6.07) is 12.5. The molecule has 3 rings (SSSR count). The quantitative estimate of drug-likeness (QED) is 0.746. The van der Waals surface area contributed by atoms with Crippen LogP contribution in [0.5, 0.6) is 0 Å². The molecule has 1 heterocycles. The third kappa shape index (κ3) is 5.38. The van der Waals surface area contributed by atoms with Gasteiger partial charge >= 0.3 is 6.18 Å². The topological polar surface area (TPSA) is 58.6 Å². The van der Waals surface area contributed by atoms with Gasteiger partial charge < -0.3 is 15.0 Å². The summed E-state index contributed by atoms with van der Waals surface area (Å²) in [5, 5.41) is 2.85. The van der Waals surface area contributed by atoms with Gasteiger partial charge in [-0.15, -0.1) is 0 Å². The number of alkyl halides is 3. The van der Waals surface area contributed by atoms with E-state index in [2.05, 4.69) is 5.32 Å². The van der Waals surface area contributed by atoms with Crippen molar-refractivity contribution in [1.82, 2.24) is 10.2 Å². The molecular weight excluding hydrogens is 397 g/mol. The Morgan fingerprint density at radius 1 is 1.17 bits per heavy atom. The number of carbonyl (C=O) groups excluding carboxylic acids is 2. The van der Waals surface area contributed by atoms with Crippen LogP contribution in [0.2, 0.25) is 0 Å². The van der Waals surface area contributed by atoms with Crippen LogP contribution in [-0.4, -0.2) is 30.4 Å². The van der Waals surface area contributed by atoms with Crippen LogP contribution in [0.3, 0.4) is 0 Å². The second kappa shape index (κ2) is 9.30. The molecule has 0 spiro atoms. The van der Waals surface area contributed by atoms with E-state index < -0.39 is 17.7 Å². The monoisotopic (exact) mass is 420 g/mol. The van der Waals surface area contributed by atoms with Gasteiger partial charge in [0.05, 0.1) is 18.1 Å². The lowest BCUT2D eigenvalue weighted by Crippen LogP contribution is -2.32. The summed E-state index contributed by atoms with van der Waals surface area (Å²) in [7, 11) is 1.60. The summed E-state index contributed by atoms with van der Waals surface area (Å²) in [6.07, 6.45) is -4.39. The molecule has 8 heteroatoms. The molecule has 160 valence electrons. The normalized spacial score (nSPS) is 16.7. The van der Waals surface area contributed by atoms with Crippen LogP contribution in [0, 0.1) is 5.92 Å². The predicted molar refractivity (Wildman–Crippen MR) is 104 cm³/mol. The molecule has 0 aliphatic carbocycles. The lowest BCUT2D eigenvalue weighted by Gasteiger charge is -2.18. The van der Waals surface area contributed by atoms with Gasteiger partial charge in [-0.1, -0.05) is 36.4 Å². The molecule has 1 saturated heterocycles. The molecule has 2 amide bonds. The van der Waals surface area contributed by atoms with Gasteiger partial charge in [-0.2, -0.15) is 13.2 Å². The highest BCUT2D eigenvalue weighted by atomic mass is 19.4. The van der Waals surface area contributed by atoms with E-state index in [0.717, 1.165) is 23.3 Å². The number of methoxy groups -OCH3 is 1. The number of nitrogens with one attached hydrogen (secondary N) is 1. The van der Waals surface area contributed by atoms with Crippen molar-refractivity contribution in [2.75, 3.05) is 13.7 Å². The first-order valence-electron chi connectivity index (χ1n) is 9.55. The van der Waals surface area contributed by atoms with Crippen molar-refractivity contribution in [2.24, 2.45) is 5.92 Å². The van der Waals surface area contributed by atoms with Crippen molar-refractivity contribution in [1.29, 1.82) is 0 Å². The van der Waals surface area contributed by atoms with Gasteiger partial charge in [-0.05, 0) is 28.8 Å². The van der Waals surface area contributed by atoms with E-state index >= 15 is 0 Å². The molecule has 2 aromatic carbocycles. The number of likely N-dealkylation sites (tertiary alicyclic amines) is 1. The first kappa shape index (κ1) is 21.8. The lowest BCUT2D eigenvalue weighted by molar-refractivity contribution is -0.137. The van der Waals surface area contributed by atoms with Crippen LogP contribution < -0.4 is 5.32 Å². The smallest absolute Gasteiger partial charge is 0.380 e. The Morgan fingerprint density at radius 2 is 1.90 bits per heavy atom. The van der Waals surface area contributed by atoms with Crippen molar-refractivity contribution in [2.45, 2.75) is 32.3 Å². The first-order chi connectivity index (χ1) is 14.3. The number of rotatable bonds is 7. The van der Waals surface area contributed by atoms with Crippen LogP contribution in [0.4, 0.5) is 13.2 Å². The van der Waals surface area contributed by atoms with Crippen LogP contribution in [0.25, 0.3) is 0 Å². The zero-order valence-electron chi connectivity index (χ0n) is 16.5. The number of ether oxygens (including phenoxy) is 1. The summed E-state index contributed by atoms with van der Waals surface area (Å²) in [5.74, 6) is -1.02. The summed E-state index contributed by atoms with van der Waals surface area (Å²) < 4.78 is 43.8. The van der Waals surface area contributed by atoms with Crippen LogP contribution in [0.1, 0.15) is 28.7 Å². The highest BCUT2D eigenvalue weighted by Crippen LogP contribution is 2.30. The van der Waals surface area contributed by atoms with Crippen molar-refractivity contribution < 1.29 is 27.5 Å². The highest BCUT2D eigenvalue weighted by molar-refractivity contribution is 5.89. The fourth-order valence-corrected chi connectivity index (χ4v) is 3.52. The Balaban J connectivity index is 1.58. The average Bonchev–Trinajstić information content (AvgIpc) is 3.07. The van der Waals surface area contributed by atoms with Gasteiger partial charge in [-0.25, -0.2) is 0 Å². The Kier molecular flexibility index (Phi) is 6.77. The molecule has 0 aromatic heterocycles. The minimum Gasteiger partial charge on any atom is -0.380 e. The zero-order chi connectivity index (χ0) is 21.7. The summed E-state index contributed by atoms with van der Waals surface area (Å²) in [6.45, 7) is 0.971. The van der Waals surface area contributed by atoms with E-state index in [9.17, 15) is 22.8 Å². The molecule has 0 unspecified atom stereocenters. The van der Waals surface area contributed by atoms with Crippen molar-refractivity contribution in [3.05, 3.63) is 70.8 Å². The van der Waals surface area contributed by atoms with Gasteiger partial charge in [0.15, 0.2) is 0 Å². The lowest BCUT2D eigenvalue weighted by atomic mass is 10.1. The maximum atomic E-state index is 12.9. The molecule has 2 aromatic rings. The number of carbonyl (C=O) groups is 2. The molecular formula is C22H23F3N2O3. The molecule has 1 aliphatic rings. The molecule has 5 nitrogen and oxygen atoms in total. The Hall–Kier alpha value is -2.87. The number of benzene rings is 2. The van der Waals surface area contributed by atoms with Gasteiger partial charge in [-0.3, -0.25) is 9.59 Å². The molecule has 0 bridgehead atoms. The maximum Gasteiger partial charge on any atom is 0.416 e. The number of halogens is 3. The second-order valence-corrected chi connectivity index (χ2v) is 7.29. The van der Waals surface area contributed by atoms with E-state index in [4.69, 9.17) is 4.74 Å². The average molecular weight is 420 g/mol. The van der Waals surface area contributed by atoms with Gasteiger partial charge in [0.25, 0.3) is 0 Å². The maximum absolute atomic E-state index is 12.9. The molecule has 1 aliphatic heterocycles. The largest absolute Gasteiger partial charge is 0.416 e. The Labute approximate surface area is 172 Å². The van der Waals surface area contributed by atoms with Crippen molar-refractivity contribution >= 4 is 11.8 Å². The molecule has 1 fully saturated rings. The Bertz CT molecular complexity index is 914. The van der Waals surface area contributed by atoms with E-state index in [-0.39, 0.29) is 31.3 Å². The van der Waals surface area contributed by atoms with Crippen LogP contribution in [-0.2, 0) is 40.2 Å². The molecule has 0 saturated carbocycles. The van der Waals surface area contributed by atoms with E-state index in [1.807, 2.05) is 24.3 Å². The van der Waals surface area contributed by atoms with Crippen LogP contribution in [0.15, 0.2) is 48.5 Å². The van der Waals surface area contributed by atoms with Crippen LogP contribution >= 0.6 is 0 Å². The standard InChI is InChI=1S/C22H23F3N2O3/c1-30-14-17-7-3-2-6-16(17)11-26-21(29)18-10-20(28)27(13-18)12-15-5-4-8-19(9-15)22(23,24)25/h2-9,18H,10-14H2,1H3,(H,26,29)/t18-/m1/s1. The molecule has 30 heavy (non-hydrogen) atoms. The SMILES string of the molecule is COCc1ccccc1CNC(=O)[C@@H]1CC(=O)N(Cc2cccc(C(F)(F)F)c2)C1. The minimum absolute atomic E-state index is 0.0448. The molecule has 1 atom stereocenters. The highest BCUT2D eigenvalue weighted by Gasteiger charge is 2.35. The van der Waals surface area contributed by atoms with Crippen molar-refractivity contribution in [3.63, 3.8) is 0 Å². The summed E-state index contributed by atoms with van der Waals surface area (Å²) in [4.78, 5) is 26.3.